The molecule has 0 aliphatic heterocycles. The van der Waals surface area contributed by atoms with E-state index in [2.05, 4.69) is 23.7 Å². The number of carbonyl (C=O) groups excluding carboxylic acids is 1. The lowest BCUT2D eigenvalue weighted by molar-refractivity contribution is -0.151. The fourth-order valence-electron chi connectivity index (χ4n) is 2.82. The molecule has 118 valence electrons. The van der Waals surface area contributed by atoms with Gasteiger partial charge in [0.15, 0.2) is 0 Å². The topological polar surface area (TPSA) is 58.6 Å². The molecule has 0 bridgehead atoms. The minimum atomic E-state index is -0.686. The van der Waals surface area contributed by atoms with Gasteiger partial charge in [-0.25, -0.2) is 0 Å². The Bertz CT molecular complexity index is 464. The fraction of sp³-hybridized carbons (Fsp3) is 0.688. The van der Waals surface area contributed by atoms with E-state index in [1.54, 1.807) is 11.3 Å². The van der Waals surface area contributed by atoms with Crippen molar-refractivity contribution in [2.45, 2.75) is 51.7 Å². The van der Waals surface area contributed by atoms with Crippen LogP contribution < -0.4 is 5.32 Å². The zero-order chi connectivity index (χ0) is 15.3. The third-order valence-corrected chi connectivity index (χ3v) is 5.27. The monoisotopic (exact) mass is 311 g/mol. The Hall–Kier alpha value is -0.910. The number of carbonyl (C=O) groups is 1. The van der Waals surface area contributed by atoms with Gasteiger partial charge >= 0.3 is 5.97 Å². The second-order valence-corrected chi connectivity index (χ2v) is 6.88. The van der Waals surface area contributed by atoms with Crippen molar-refractivity contribution < 1.29 is 14.6 Å². The van der Waals surface area contributed by atoms with Crippen LogP contribution in [0.5, 0.6) is 0 Å². The lowest BCUT2D eigenvalue weighted by Crippen LogP contribution is -2.44. The number of ether oxygens (including phenoxy) is 1. The van der Waals surface area contributed by atoms with Crippen LogP contribution in [0, 0.1) is 12.8 Å². The number of hydrogen-bond acceptors (Lipinski definition) is 5. The van der Waals surface area contributed by atoms with Crippen LogP contribution in [0.3, 0.4) is 0 Å². The van der Waals surface area contributed by atoms with Gasteiger partial charge in [-0.15, -0.1) is 11.3 Å². The standard InChI is InChI=1S/C16H25NO3S/c1-3-20-15(18)13-4-7-16(19,8-5-13)11-17-10-14-12(2)6-9-21-14/h6,9,13,17,19H,3-5,7-8,10-11H2,1-2H3. The number of thiophene rings is 1. The number of rotatable bonds is 6. The summed E-state index contributed by atoms with van der Waals surface area (Å²) in [5, 5.41) is 16.0. The highest BCUT2D eigenvalue weighted by molar-refractivity contribution is 7.10. The minimum Gasteiger partial charge on any atom is -0.466 e. The molecule has 0 aromatic carbocycles. The predicted molar refractivity (Wildman–Crippen MR) is 84.3 cm³/mol. The van der Waals surface area contributed by atoms with Gasteiger partial charge in [-0.05, 0) is 56.5 Å². The molecule has 1 heterocycles. The van der Waals surface area contributed by atoms with Crippen LogP contribution in [0.15, 0.2) is 11.4 Å². The highest BCUT2D eigenvalue weighted by Crippen LogP contribution is 2.32. The van der Waals surface area contributed by atoms with E-state index in [1.807, 2.05) is 6.92 Å². The van der Waals surface area contributed by atoms with Crippen molar-refractivity contribution in [1.29, 1.82) is 0 Å². The lowest BCUT2D eigenvalue weighted by atomic mass is 9.79. The molecule has 21 heavy (non-hydrogen) atoms. The molecule has 0 radical (unpaired) electrons. The molecule has 5 heteroatoms. The largest absolute Gasteiger partial charge is 0.466 e. The normalized spacial score (nSPS) is 25.8. The average molecular weight is 311 g/mol. The second kappa shape index (κ2) is 7.38. The van der Waals surface area contributed by atoms with Gasteiger partial charge < -0.3 is 15.2 Å². The summed E-state index contributed by atoms with van der Waals surface area (Å²) in [5.41, 5.74) is 0.610. The van der Waals surface area contributed by atoms with Crippen LogP contribution in [0.1, 0.15) is 43.0 Å². The fourth-order valence-corrected chi connectivity index (χ4v) is 3.70. The molecular weight excluding hydrogens is 286 g/mol. The zero-order valence-corrected chi connectivity index (χ0v) is 13.7. The Labute approximate surface area is 130 Å². The summed E-state index contributed by atoms with van der Waals surface area (Å²) in [6, 6.07) is 2.11. The molecule has 0 saturated heterocycles. The Kier molecular flexibility index (Phi) is 5.79. The summed E-state index contributed by atoms with van der Waals surface area (Å²) in [5.74, 6) is -0.147. The molecule has 0 atom stereocenters. The van der Waals surface area contributed by atoms with Crippen LogP contribution in [-0.4, -0.2) is 29.8 Å². The Balaban J connectivity index is 1.74. The van der Waals surface area contributed by atoms with Gasteiger partial charge in [0.25, 0.3) is 0 Å². The first kappa shape index (κ1) is 16.5. The number of esters is 1. The highest BCUT2D eigenvalue weighted by Gasteiger charge is 2.36. The van der Waals surface area contributed by atoms with Gasteiger partial charge in [0.1, 0.15) is 0 Å². The highest BCUT2D eigenvalue weighted by atomic mass is 32.1. The van der Waals surface area contributed by atoms with E-state index >= 15 is 0 Å². The lowest BCUT2D eigenvalue weighted by Gasteiger charge is -2.35. The molecule has 1 aliphatic rings. The molecule has 2 rings (SSSR count). The summed E-state index contributed by atoms with van der Waals surface area (Å²) in [4.78, 5) is 13.0. The summed E-state index contributed by atoms with van der Waals surface area (Å²) >= 11 is 1.74. The first-order chi connectivity index (χ1) is 10.0. The molecule has 1 fully saturated rings. The zero-order valence-electron chi connectivity index (χ0n) is 12.9. The van der Waals surface area contributed by atoms with Crippen molar-refractivity contribution in [1.82, 2.24) is 5.32 Å². The van der Waals surface area contributed by atoms with Gasteiger partial charge in [0.2, 0.25) is 0 Å². The van der Waals surface area contributed by atoms with Crippen molar-refractivity contribution in [2.75, 3.05) is 13.2 Å². The number of nitrogens with one attached hydrogen (secondary N) is 1. The predicted octanol–water partition coefficient (Wildman–Crippen LogP) is 2.63. The van der Waals surface area contributed by atoms with E-state index in [1.165, 1.54) is 10.4 Å². The Morgan fingerprint density at radius 2 is 2.24 bits per heavy atom. The van der Waals surface area contributed by atoms with Crippen LogP contribution in [-0.2, 0) is 16.1 Å². The third kappa shape index (κ3) is 4.53. The van der Waals surface area contributed by atoms with Crippen LogP contribution in [0.4, 0.5) is 0 Å². The van der Waals surface area contributed by atoms with E-state index in [4.69, 9.17) is 4.74 Å². The summed E-state index contributed by atoms with van der Waals surface area (Å²) < 4.78 is 5.06. The molecule has 2 N–H and O–H groups in total. The molecule has 4 nitrogen and oxygen atoms in total. The molecular formula is C16H25NO3S. The number of aliphatic hydroxyl groups is 1. The SMILES string of the molecule is CCOC(=O)C1CCC(O)(CNCc2sccc2C)CC1. The van der Waals surface area contributed by atoms with Gasteiger partial charge in [-0.3, -0.25) is 4.79 Å². The van der Waals surface area contributed by atoms with Crippen molar-refractivity contribution in [3.63, 3.8) is 0 Å². The van der Waals surface area contributed by atoms with Crippen molar-refractivity contribution in [2.24, 2.45) is 5.92 Å². The molecule has 1 aromatic heterocycles. The Morgan fingerprint density at radius 3 is 2.81 bits per heavy atom. The quantitative estimate of drug-likeness (QED) is 0.793. The summed E-state index contributed by atoms with van der Waals surface area (Å²) in [6.07, 6.45) is 2.75. The van der Waals surface area contributed by atoms with E-state index in [-0.39, 0.29) is 11.9 Å². The maximum absolute atomic E-state index is 11.7. The van der Waals surface area contributed by atoms with Crippen LogP contribution in [0.2, 0.25) is 0 Å². The third-order valence-electron chi connectivity index (χ3n) is 4.24. The molecule has 1 saturated carbocycles. The van der Waals surface area contributed by atoms with Gasteiger partial charge in [-0.1, -0.05) is 0 Å². The van der Waals surface area contributed by atoms with Gasteiger partial charge in [0, 0.05) is 18.0 Å². The first-order valence-electron chi connectivity index (χ1n) is 7.67. The maximum atomic E-state index is 11.7. The van der Waals surface area contributed by atoms with Crippen molar-refractivity contribution >= 4 is 17.3 Å². The Morgan fingerprint density at radius 1 is 1.52 bits per heavy atom. The van der Waals surface area contributed by atoms with Gasteiger partial charge in [-0.2, -0.15) is 0 Å². The molecule has 1 aromatic rings. The average Bonchev–Trinajstić information content (AvgIpc) is 2.85. The van der Waals surface area contributed by atoms with Crippen LogP contribution >= 0.6 is 11.3 Å². The van der Waals surface area contributed by atoms with E-state index in [0.29, 0.717) is 26.0 Å². The van der Waals surface area contributed by atoms with Crippen molar-refractivity contribution in [3.8, 4) is 0 Å². The first-order valence-corrected chi connectivity index (χ1v) is 8.55. The second-order valence-electron chi connectivity index (χ2n) is 5.88. The number of hydrogen-bond donors (Lipinski definition) is 2. The number of aryl methyl sites for hydroxylation is 1. The van der Waals surface area contributed by atoms with E-state index < -0.39 is 5.60 Å². The van der Waals surface area contributed by atoms with Crippen molar-refractivity contribution in [3.05, 3.63) is 21.9 Å². The van der Waals surface area contributed by atoms with E-state index in [9.17, 15) is 9.90 Å². The van der Waals surface area contributed by atoms with E-state index in [0.717, 1.165) is 19.4 Å². The molecule has 0 spiro atoms. The van der Waals surface area contributed by atoms with Crippen LogP contribution in [0.25, 0.3) is 0 Å². The smallest absolute Gasteiger partial charge is 0.308 e. The van der Waals surface area contributed by atoms with Gasteiger partial charge in [0.05, 0.1) is 18.1 Å². The minimum absolute atomic E-state index is 0.0373. The summed E-state index contributed by atoms with van der Waals surface area (Å²) in [7, 11) is 0. The maximum Gasteiger partial charge on any atom is 0.308 e. The molecule has 0 unspecified atom stereocenters. The summed E-state index contributed by atoms with van der Waals surface area (Å²) in [6.45, 7) is 5.74. The molecule has 1 aliphatic carbocycles. The molecule has 0 amide bonds.